The summed E-state index contributed by atoms with van der Waals surface area (Å²) >= 11 is 0. The van der Waals surface area contributed by atoms with E-state index in [0.717, 1.165) is 50.1 Å². The van der Waals surface area contributed by atoms with E-state index in [1.54, 1.807) is 0 Å². The van der Waals surface area contributed by atoms with Crippen molar-refractivity contribution in [1.82, 2.24) is 24.1 Å². The Kier molecular flexibility index (Phi) is 7.76. The van der Waals surface area contributed by atoms with Crippen LogP contribution in [0.1, 0.15) is 0 Å². The average molecular weight is 746 g/mol. The zero-order chi connectivity index (χ0) is 37.8. The van der Waals surface area contributed by atoms with E-state index >= 15 is 0 Å². The van der Waals surface area contributed by atoms with Gasteiger partial charge in [-0.3, -0.25) is 4.57 Å². The largest absolute Gasteiger partial charge is 0.307 e. The molecule has 0 aliphatic carbocycles. The molecule has 0 atom stereocenters. The highest BCUT2D eigenvalue weighted by Crippen LogP contribution is 2.38. The molecule has 0 fully saturated rings. The van der Waals surface area contributed by atoms with Gasteiger partial charge in [-0.1, -0.05) is 164 Å². The van der Waals surface area contributed by atoms with E-state index in [-0.39, 0.29) is 0 Å². The first-order chi connectivity index (χ1) is 28.3. The van der Waals surface area contributed by atoms with Gasteiger partial charge >= 0.3 is 0 Å². The molecule has 11 rings (SSSR count). The lowest BCUT2D eigenvalue weighted by Crippen LogP contribution is -2.76. The first kappa shape index (κ1) is 33.0. The lowest BCUT2D eigenvalue weighted by Gasteiger charge is -2.32. The van der Waals surface area contributed by atoms with Crippen LogP contribution in [0.2, 0.25) is 0 Å². The van der Waals surface area contributed by atoms with Gasteiger partial charge in [0.1, 0.15) is 11.3 Å². The summed E-state index contributed by atoms with van der Waals surface area (Å²) in [6, 6.07) is 69.0. The summed E-state index contributed by atoms with van der Waals surface area (Å²) in [5, 5.41) is 8.48. The third kappa shape index (κ3) is 5.11. The van der Waals surface area contributed by atoms with Crippen molar-refractivity contribution in [3.05, 3.63) is 213 Å². The van der Waals surface area contributed by atoms with Gasteiger partial charge in [0.25, 0.3) is 0 Å². The van der Waals surface area contributed by atoms with Crippen molar-refractivity contribution in [2.45, 2.75) is 0 Å². The summed E-state index contributed by atoms with van der Waals surface area (Å²) in [6.45, 7) is 0. The first-order valence-electron chi connectivity index (χ1n) is 19.3. The Morgan fingerprint density at radius 1 is 0.351 bits per heavy atom. The van der Waals surface area contributed by atoms with Crippen molar-refractivity contribution in [3.63, 3.8) is 0 Å². The summed E-state index contributed by atoms with van der Waals surface area (Å²) in [4.78, 5) is 16.1. The molecule has 11 aromatic rings. The monoisotopic (exact) mass is 745 g/mol. The summed E-state index contributed by atoms with van der Waals surface area (Å²) in [7, 11) is -2.92. The molecule has 0 aliphatic rings. The second-order valence-electron chi connectivity index (χ2n) is 14.4. The van der Waals surface area contributed by atoms with Crippen molar-refractivity contribution in [3.8, 4) is 22.6 Å². The Balaban J connectivity index is 1.18. The molecule has 7 aromatic carbocycles. The molecule has 0 unspecified atom stereocenters. The Morgan fingerprint density at radius 2 is 0.719 bits per heavy atom. The molecule has 4 aromatic heterocycles. The van der Waals surface area contributed by atoms with Crippen LogP contribution in [0.3, 0.4) is 0 Å². The third-order valence-corrected chi connectivity index (χ3v) is 15.9. The standard InChI is InChI=1S/C51H35N5Si/c1-4-18-37(19-5-1)57(38-20-6-2-7-21-38,39-22-8-3-9-23-39)51-53-33-36(34-54-51)44-32-50(56-47-30-16-12-26-42(47)43-27-13-17-31-48(43)56)52-35-49(44)55-45-28-14-10-24-40(45)41-25-11-15-29-46(41)55/h1-35H. The van der Waals surface area contributed by atoms with E-state index in [0.29, 0.717) is 0 Å². The van der Waals surface area contributed by atoms with Crippen LogP contribution >= 0.6 is 0 Å². The molecule has 0 spiro atoms. The molecule has 5 nitrogen and oxygen atoms in total. The van der Waals surface area contributed by atoms with E-state index in [4.69, 9.17) is 15.0 Å². The Labute approximate surface area is 330 Å². The number of hydrogen-bond donors (Lipinski definition) is 0. The number of nitrogens with zero attached hydrogens (tertiary/aromatic N) is 5. The average Bonchev–Trinajstić information content (AvgIpc) is 3.81. The number of aromatic nitrogens is 5. The van der Waals surface area contributed by atoms with Gasteiger partial charge in [0, 0.05) is 45.1 Å². The molecule has 0 aliphatic heterocycles. The van der Waals surface area contributed by atoms with Gasteiger partial charge in [0.05, 0.1) is 34.0 Å². The fourth-order valence-corrected chi connectivity index (χ4v) is 13.3. The second-order valence-corrected chi connectivity index (χ2v) is 18.1. The van der Waals surface area contributed by atoms with Crippen molar-refractivity contribution in [2.24, 2.45) is 0 Å². The van der Waals surface area contributed by atoms with Crippen molar-refractivity contribution >= 4 is 72.7 Å². The zero-order valence-electron chi connectivity index (χ0n) is 30.9. The fraction of sp³-hybridized carbons (Fsp3) is 0. The highest BCUT2D eigenvalue weighted by Gasteiger charge is 2.44. The number of hydrogen-bond acceptors (Lipinski definition) is 3. The van der Waals surface area contributed by atoms with E-state index in [1.807, 2.05) is 18.6 Å². The van der Waals surface area contributed by atoms with E-state index in [9.17, 15) is 0 Å². The zero-order valence-corrected chi connectivity index (χ0v) is 31.9. The predicted octanol–water partition coefficient (Wildman–Crippen LogP) is 9.11. The minimum atomic E-state index is -2.92. The van der Waals surface area contributed by atoms with Crippen molar-refractivity contribution < 1.29 is 0 Å². The van der Waals surface area contributed by atoms with Gasteiger partial charge in [-0.2, -0.15) is 0 Å². The van der Waals surface area contributed by atoms with Crippen LogP contribution in [-0.2, 0) is 0 Å². The third-order valence-electron chi connectivity index (χ3n) is 11.4. The van der Waals surface area contributed by atoms with Crippen LogP contribution in [0.5, 0.6) is 0 Å². The van der Waals surface area contributed by atoms with Crippen molar-refractivity contribution in [1.29, 1.82) is 0 Å². The van der Waals surface area contributed by atoms with E-state index < -0.39 is 8.07 Å². The van der Waals surface area contributed by atoms with Crippen LogP contribution in [0, 0.1) is 0 Å². The number of rotatable bonds is 7. The number of fused-ring (bicyclic) bond motifs is 6. The molecule has 0 radical (unpaired) electrons. The molecular weight excluding hydrogens is 711 g/mol. The second kappa shape index (κ2) is 13.4. The van der Waals surface area contributed by atoms with Gasteiger partial charge in [-0.05, 0) is 45.9 Å². The molecule has 57 heavy (non-hydrogen) atoms. The van der Waals surface area contributed by atoms with Gasteiger partial charge in [-0.15, -0.1) is 0 Å². The topological polar surface area (TPSA) is 48.5 Å². The van der Waals surface area contributed by atoms with Crippen LogP contribution < -0.4 is 21.0 Å². The molecular formula is C51H35N5Si. The van der Waals surface area contributed by atoms with Crippen LogP contribution in [0.15, 0.2) is 213 Å². The molecule has 6 heteroatoms. The van der Waals surface area contributed by atoms with E-state index in [1.165, 1.54) is 37.1 Å². The summed E-state index contributed by atoms with van der Waals surface area (Å²) in [6.07, 6.45) is 6.08. The molecule has 0 saturated carbocycles. The fourth-order valence-electron chi connectivity index (χ4n) is 8.93. The summed E-state index contributed by atoms with van der Waals surface area (Å²) < 4.78 is 4.62. The number of benzene rings is 7. The quantitative estimate of drug-likeness (QED) is 0.121. The maximum absolute atomic E-state index is 5.41. The molecule has 0 N–H and O–H groups in total. The van der Waals surface area contributed by atoms with Crippen LogP contribution in [-0.4, -0.2) is 32.2 Å². The Hall–Kier alpha value is -7.41. The number of para-hydroxylation sites is 4. The molecule has 0 bridgehead atoms. The van der Waals surface area contributed by atoms with Gasteiger partial charge in [-0.25, -0.2) is 15.0 Å². The maximum Gasteiger partial charge on any atom is 0.226 e. The highest BCUT2D eigenvalue weighted by atomic mass is 28.3. The SMILES string of the molecule is c1ccc([Si](c2ccccc2)(c2ccccc2)c2ncc(-c3cc(-n4c5ccccc5c5ccccc54)ncc3-n3c4ccccc4c4ccccc43)cn2)cc1. The normalized spacial score (nSPS) is 11.9. The predicted molar refractivity (Wildman–Crippen MR) is 238 cm³/mol. The Bertz CT molecular complexity index is 3020. The van der Waals surface area contributed by atoms with Crippen LogP contribution in [0.4, 0.5) is 0 Å². The van der Waals surface area contributed by atoms with Crippen molar-refractivity contribution in [2.75, 3.05) is 0 Å². The maximum atomic E-state index is 5.41. The van der Waals surface area contributed by atoms with Gasteiger partial charge in [0.15, 0.2) is 0 Å². The summed E-state index contributed by atoms with van der Waals surface area (Å²) in [5.74, 6) is 0.831. The first-order valence-corrected chi connectivity index (χ1v) is 21.3. The molecule has 0 saturated heterocycles. The summed E-state index contributed by atoms with van der Waals surface area (Å²) in [5.41, 5.74) is 8.16. The lowest BCUT2D eigenvalue weighted by atomic mass is 10.1. The lowest BCUT2D eigenvalue weighted by molar-refractivity contribution is 1.05. The number of pyridine rings is 1. The van der Waals surface area contributed by atoms with E-state index in [2.05, 4.69) is 203 Å². The minimum Gasteiger partial charge on any atom is -0.307 e. The van der Waals surface area contributed by atoms with Crippen LogP contribution in [0.25, 0.3) is 66.2 Å². The van der Waals surface area contributed by atoms with Gasteiger partial charge in [0.2, 0.25) is 8.07 Å². The minimum absolute atomic E-state index is 0.831. The van der Waals surface area contributed by atoms with Gasteiger partial charge < -0.3 is 4.57 Å². The Morgan fingerprint density at radius 3 is 1.14 bits per heavy atom. The highest BCUT2D eigenvalue weighted by molar-refractivity contribution is 7.19. The molecule has 4 heterocycles. The molecule has 0 amide bonds. The smallest absolute Gasteiger partial charge is 0.226 e. The molecule has 268 valence electrons.